The van der Waals surface area contributed by atoms with Gasteiger partial charge in [-0.25, -0.2) is 9.59 Å². The van der Waals surface area contributed by atoms with Crippen molar-refractivity contribution < 1.29 is 14.3 Å². The second-order valence-corrected chi connectivity index (χ2v) is 4.34. The Morgan fingerprint density at radius 3 is 1.62 bits per heavy atom. The van der Waals surface area contributed by atoms with Crippen LogP contribution in [0.5, 0.6) is 0 Å². The van der Waals surface area contributed by atoms with E-state index in [2.05, 4.69) is 13.2 Å². The van der Waals surface area contributed by atoms with E-state index in [1.54, 1.807) is 60.7 Å². The first kappa shape index (κ1) is 14.5. The summed E-state index contributed by atoms with van der Waals surface area (Å²) in [5, 5.41) is 0. The Bertz CT molecular complexity index is 652. The smallest absolute Gasteiger partial charge is 0.346 e. The molecule has 104 valence electrons. The largest absolute Gasteiger partial charge is 0.386 e. The summed E-state index contributed by atoms with van der Waals surface area (Å²) in [7, 11) is 0. The third kappa shape index (κ3) is 3.54. The predicted molar refractivity (Wildman–Crippen MR) is 82.8 cm³/mol. The highest BCUT2D eigenvalue weighted by Crippen LogP contribution is 2.11. The summed E-state index contributed by atoms with van der Waals surface area (Å²) in [4.78, 5) is 23.9. The first-order valence-electron chi connectivity index (χ1n) is 6.35. The highest BCUT2D eigenvalue weighted by Gasteiger charge is 2.15. The molecule has 2 aromatic carbocycles. The second kappa shape index (κ2) is 6.48. The lowest BCUT2D eigenvalue weighted by Crippen LogP contribution is -2.13. The normalized spacial score (nSPS) is 9.71. The minimum atomic E-state index is -0.687. The number of esters is 2. The van der Waals surface area contributed by atoms with Crippen molar-refractivity contribution in [1.29, 1.82) is 0 Å². The molecule has 3 heteroatoms. The second-order valence-electron chi connectivity index (χ2n) is 4.34. The molecule has 2 rings (SSSR count). The van der Waals surface area contributed by atoms with Gasteiger partial charge in [-0.2, -0.15) is 0 Å². The lowest BCUT2D eigenvalue weighted by molar-refractivity contribution is 0.0397. The summed E-state index contributed by atoms with van der Waals surface area (Å²) in [5.41, 5.74) is 2.18. The van der Waals surface area contributed by atoms with Crippen molar-refractivity contribution in [3.05, 3.63) is 83.9 Å². The molecule has 0 amide bonds. The van der Waals surface area contributed by atoms with Gasteiger partial charge in [0.1, 0.15) is 0 Å². The molecule has 0 atom stereocenters. The highest BCUT2D eigenvalue weighted by molar-refractivity contribution is 6.02. The minimum Gasteiger partial charge on any atom is -0.386 e. The van der Waals surface area contributed by atoms with Gasteiger partial charge in [0.15, 0.2) is 0 Å². The summed E-state index contributed by atoms with van der Waals surface area (Å²) in [6.45, 7) is 7.26. The molecule has 0 saturated carbocycles. The Labute approximate surface area is 123 Å². The zero-order chi connectivity index (χ0) is 15.2. The fourth-order valence-corrected chi connectivity index (χ4v) is 1.79. The van der Waals surface area contributed by atoms with Crippen LogP contribution in [0.3, 0.4) is 0 Å². The number of hydrogen-bond acceptors (Lipinski definition) is 3. The van der Waals surface area contributed by atoms with Crippen molar-refractivity contribution in [2.24, 2.45) is 0 Å². The van der Waals surface area contributed by atoms with E-state index in [-0.39, 0.29) is 0 Å². The van der Waals surface area contributed by atoms with Crippen molar-refractivity contribution in [3.8, 4) is 0 Å². The molecule has 0 radical (unpaired) electrons. The first-order valence-corrected chi connectivity index (χ1v) is 6.35. The van der Waals surface area contributed by atoms with Crippen molar-refractivity contribution in [2.75, 3.05) is 0 Å². The maximum absolute atomic E-state index is 12.0. The fraction of sp³-hybridized carbons (Fsp3) is 0. The van der Waals surface area contributed by atoms with Gasteiger partial charge in [-0.05, 0) is 35.4 Å². The van der Waals surface area contributed by atoms with E-state index < -0.39 is 11.9 Å². The van der Waals surface area contributed by atoms with Gasteiger partial charge in [0.05, 0.1) is 11.1 Å². The van der Waals surface area contributed by atoms with Gasteiger partial charge in [-0.15, -0.1) is 0 Å². The Morgan fingerprint density at radius 1 is 0.810 bits per heavy atom. The molecule has 2 aromatic rings. The van der Waals surface area contributed by atoms with Gasteiger partial charge in [0.25, 0.3) is 0 Å². The predicted octanol–water partition coefficient (Wildman–Crippen LogP) is 3.97. The molecule has 0 aliphatic rings. The van der Waals surface area contributed by atoms with Crippen molar-refractivity contribution in [3.63, 3.8) is 0 Å². The van der Waals surface area contributed by atoms with Crippen molar-refractivity contribution in [2.45, 2.75) is 0 Å². The third-order valence-electron chi connectivity index (χ3n) is 2.90. The Hall–Kier alpha value is -2.94. The van der Waals surface area contributed by atoms with Crippen LogP contribution in [0.1, 0.15) is 31.8 Å². The van der Waals surface area contributed by atoms with Crippen LogP contribution >= 0.6 is 0 Å². The van der Waals surface area contributed by atoms with Gasteiger partial charge in [0.2, 0.25) is 0 Å². The number of carbonyl (C=O) groups excluding carboxylic acids is 2. The standard InChI is InChI=1S/C18H14O3/c1-3-13-7-5-9-15(11-13)17(19)21-18(20)16-10-6-8-14(4-2)12-16/h3-12H,1-2H2. The summed E-state index contributed by atoms with van der Waals surface area (Å²) >= 11 is 0. The van der Waals surface area contributed by atoms with Gasteiger partial charge >= 0.3 is 11.9 Å². The van der Waals surface area contributed by atoms with Crippen LogP contribution in [0.25, 0.3) is 12.2 Å². The van der Waals surface area contributed by atoms with Crippen LogP contribution in [0, 0.1) is 0 Å². The fourth-order valence-electron chi connectivity index (χ4n) is 1.79. The van der Waals surface area contributed by atoms with E-state index in [1.807, 2.05) is 0 Å². The number of carbonyl (C=O) groups is 2. The number of benzene rings is 2. The topological polar surface area (TPSA) is 43.4 Å². The average Bonchev–Trinajstić information content (AvgIpc) is 2.54. The molecular weight excluding hydrogens is 264 g/mol. The van der Waals surface area contributed by atoms with Gasteiger partial charge < -0.3 is 4.74 Å². The van der Waals surface area contributed by atoms with Gasteiger partial charge in [-0.3, -0.25) is 0 Å². The van der Waals surface area contributed by atoms with Crippen LogP contribution in [0.15, 0.2) is 61.7 Å². The van der Waals surface area contributed by atoms with E-state index >= 15 is 0 Å². The van der Waals surface area contributed by atoms with E-state index in [0.29, 0.717) is 11.1 Å². The first-order chi connectivity index (χ1) is 10.1. The molecule has 0 saturated heterocycles. The van der Waals surface area contributed by atoms with Gasteiger partial charge in [0, 0.05) is 0 Å². The lowest BCUT2D eigenvalue weighted by Gasteiger charge is -2.04. The Morgan fingerprint density at radius 2 is 1.24 bits per heavy atom. The molecule has 0 bridgehead atoms. The van der Waals surface area contributed by atoms with Crippen molar-refractivity contribution >= 4 is 24.1 Å². The Balaban J connectivity index is 2.16. The molecule has 3 nitrogen and oxygen atoms in total. The molecule has 0 spiro atoms. The maximum Gasteiger partial charge on any atom is 0.346 e. The zero-order valence-electron chi connectivity index (χ0n) is 11.4. The third-order valence-corrected chi connectivity index (χ3v) is 2.90. The monoisotopic (exact) mass is 278 g/mol. The molecule has 0 N–H and O–H groups in total. The molecule has 0 aliphatic heterocycles. The maximum atomic E-state index is 12.0. The van der Waals surface area contributed by atoms with Crippen LogP contribution in [0.4, 0.5) is 0 Å². The number of rotatable bonds is 4. The molecule has 0 heterocycles. The van der Waals surface area contributed by atoms with Crippen LogP contribution in [-0.2, 0) is 4.74 Å². The van der Waals surface area contributed by atoms with Gasteiger partial charge in [-0.1, -0.05) is 49.6 Å². The molecule has 21 heavy (non-hydrogen) atoms. The van der Waals surface area contributed by atoms with E-state index in [4.69, 9.17) is 4.74 Å². The molecular formula is C18H14O3. The van der Waals surface area contributed by atoms with E-state index in [0.717, 1.165) is 11.1 Å². The minimum absolute atomic E-state index is 0.306. The quantitative estimate of drug-likeness (QED) is 0.628. The average molecular weight is 278 g/mol. The highest BCUT2D eigenvalue weighted by atomic mass is 16.6. The van der Waals surface area contributed by atoms with Crippen LogP contribution in [-0.4, -0.2) is 11.9 Å². The molecule has 0 aliphatic carbocycles. The summed E-state index contributed by atoms with van der Waals surface area (Å²) < 4.78 is 4.88. The van der Waals surface area contributed by atoms with Crippen LogP contribution in [0.2, 0.25) is 0 Å². The molecule has 0 aromatic heterocycles. The molecule has 0 unspecified atom stereocenters. The van der Waals surface area contributed by atoms with Crippen LogP contribution < -0.4 is 0 Å². The van der Waals surface area contributed by atoms with E-state index in [9.17, 15) is 9.59 Å². The molecule has 0 fully saturated rings. The summed E-state index contributed by atoms with van der Waals surface area (Å²) in [6.07, 6.45) is 3.23. The number of ether oxygens (including phenoxy) is 1. The number of hydrogen-bond donors (Lipinski definition) is 0. The summed E-state index contributed by atoms with van der Waals surface area (Å²) in [5.74, 6) is -1.37. The van der Waals surface area contributed by atoms with Crippen molar-refractivity contribution in [1.82, 2.24) is 0 Å². The Kier molecular flexibility index (Phi) is 4.46. The summed E-state index contributed by atoms with van der Waals surface area (Å²) in [6, 6.07) is 13.4. The lowest BCUT2D eigenvalue weighted by atomic mass is 10.1. The van der Waals surface area contributed by atoms with E-state index in [1.165, 1.54) is 0 Å². The zero-order valence-corrected chi connectivity index (χ0v) is 11.4. The SMILES string of the molecule is C=Cc1cccc(C(=O)OC(=O)c2cccc(C=C)c2)c1.